The number of amides is 2. The van der Waals surface area contributed by atoms with Crippen molar-refractivity contribution < 1.29 is 24.2 Å². The monoisotopic (exact) mass is 517 g/mol. The summed E-state index contributed by atoms with van der Waals surface area (Å²) in [5, 5.41) is 16.7. The van der Waals surface area contributed by atoms with Crippen molar-refractivity contribution in [3.63, 3.8) is 0 Å². The smallest absolute Gasteiger partial charge is 0.351 e. The highest BCUT2D eigenvalue weighted by molar-refractivity contribution is 6.21. The first-order valence-corrected chi connectivity index (χ1v) is 12.7. The number of benzene rings is 2. The maximum absolute atomic E-state index is 12.8. The van der Waals surface area contributed by atoms with Crippen molar-refractivity contribution in [3.05, 3.63) is 70.3 Å². The summed E-state index contributed by atoms with van der Waals surface area (Å²) in [6.07, 6.45) is 1.47. The number of hydrogen-bond donors (Lipinski definition) is 3. The standard InChI is InChI=1S/C27H27N5O6/c1-2-19-18(33)13-22(38-19)32-14-21-24(30-27(32)36)29-23-17(9-5-10-20(23)37-21)28-11-6-12-31-25(34)15-7-3-4-8-16(15)26(31)35/h3-5,7-10,14,18-19,22,28,33H,2,6,11-13H2,1H3,(H,29,30,36). The van der Waals surface area contributed by atoms with Crippen LogP contribution in [-0.2, 0) is 4.74 Å². The lowest BCUT2D eigenvalue weighted by molar-refractivity contribution is -0.0218. The molecule has 0 aliphatic carbocycles. The summed E-state index contributed by atoms with van der Waals surface area (Å²) in [4.78, 5) is 43.3. The van der Waals surface area contributed by atoms with Gasteiger partial charge in [-0.1, -0.05) is 25.1 Å². The summed E-state index contributed by atoms with van der Waals surface area (Å²) in [5.41, 5.74) is 1.73. The van der Waals surface area contributed by atoms with Crippen LogP contribution in [0.1, 0.15) is 53.1 Å². The van der Waals surface area contributed by atoms with Crippen LogP contribution in [-0.4, -0.2) is 56.7 Å². The molecule has 3 aromatic rings. The zero-order chi connectivity index (χ0) is 26.4. The molecular weight excluding hydrogens is 490 g/mol. The zero-order valence-electron chi connectivity index (χ0n) is 20.7. The fourth-order valence-corrected chi connectivity index (χ4v) is 5.11. The van der Waals surface area contributed by atoms with Crippen LogP contribution in [0.4, 0.5) is 17.2 Å². The topological polar surface area (TPSA) is 135 Å². The predicted octanol–water partition coefficient (Wildman–Crippen LogP) is 3.25. The van der Waals surface area contributed by atoms with Crippen LogP contribution in [0.15, 0.2) is 53.5 Å². The van der Waals surface area contributed by atoms with Crippen molar-refractivity contribution >= 4 is 29.0 Å². The summed E-state index contributed by atoms with van der Waals surface area (Å²) in [7, 11) is 0. The van der Waals surface area contributed by atoms with Crippen LogP contribution in [0.2, 0.25) is 0 Å². The van der Waals surface area contributed by atoms with Crippen LogP contribution in [0.5, 0.6) is 11.5 Å². The van der Waals surface area contributed by atoms with E-state index in [2.05, 4.69) is 15.6 Å². The van der Waals surface area contributed by atoms with Gasteiger partial charge < -0.3 is 25.2 Å². The minimum atomic E-state index is -0.640. The first kappa shape index (κ1) is 24.1. The summed E-state index contributed by atoms with van der Waals surface area (Å²) in [6, 6.07) is 12.3. The number of para-hydroxylation sites is 1. The Hall–Kier alpha value is -4.22. The lowest BCUT2D eigenvalue weighted by Gasteiger charge is -2.25. The third-order valence-corrected chi connectivity index (χ3v) is 7.08. The maximum atomic E-state index is 12.8. The van der Waals surface area contributed by atoms with Crippen molar-refractivity contribution in [1.82, 2.24) is 14.5 Å². The number of ether oxygens (including phenoxy) is 2. The second-order valence-corrected chi connectivity index (χ2v) is 9.48. The number of anilines is 3. The number of hydrogen-bond acceptors (Lipinski definition) is 9. The van der Waals surface area contributed by atoms with Crippen LogP contribution < -0.4 is 21.1 Å². The number of rotatable bonds is 7. The van der Waals surface area contributed by atoms with Gasteiger partial charge in [-0.3, -0.25) is 19.1 Å². The van der Waals surface area contributed by atoms with E-state index in [0.717, 1.165) is 5.69 Å². The molecule has 4 heterocycles. The Morgan fingerprint density at radius 1 is 1.08 bits per heavy atom. The van der Waals surface area contributed by atoms with Crippen molar-refractivity contribution in [3.8, 4) is 11.5 Å². The fourth-order valence-electron chi connectivity index (χ4n) is 5.11. The van der Waals surface area contributed by atoms with Crippen molar-refractivity contribution in [2.45, 2.75) is 44.6 Å². The molecule has 1 saturated heterocycles. The van der Waals surface area contributed by atoms with Crippen molar-refractivity contribution in [2.75, 3.05) is 23.7 Å². The third kappa shape index (κ3) is 4.09. The van der Waals surface area contributed by atoms with Crippen molar-refractivity contribution in [1.29, 1.82) is 0 Å². The van der Waals surface area contributed by atoms with Crippen LogP contribution in [0.3, 0.4) is 0 Å². The average Bonchev–Trinajstić information content (AvgIpc) is 3.41. The van der Waals surface area contributed by atoms with Gasteiger partial charge in [-0.2, -0.15) is 4.98 Å². The normalized spacial score (nSPS) is 21.4. The molecule has 1 aromatic heterocycles. The van der Waals surface area contributed by atoms with E-state index in [0.29, 0.717) is 60.7 Å². The van der Waals surface area contributed by atoms with Gasteiger partial charge >= 0.3 is 5.69 Å². The minimum absolute atomic E-state index is 0.270. The van der Waals surface area contributed by atoms with Crippen LogP contribution >= 0.6 is 0 Å². The van der Waals surface area contributed by atoms with E-state index >= 15 is 0 Å². The van der Waals surface area contributed by atoms with E-state index in [1.807, 2.05) is 19.1 Å². The Labute approximate surface area is 218 Å². The molecule has 0 bridgehead atoms. The number of aliphatic hydroxyl groups is 1. The Kier molecular flexibility index (Phi) is 6.09. The van der Waals surface area contributed by atoms with Gasteiger partial charge in [0.2, 0.25) is 0 Å². The van der Waals surface area contributed by atoms with Gasteiger partial charge in [-0.25, -0.2) is 4.79 Å². The molecule has 0 radical (unpaired) electrons. The number of nitrogens with zero attached hydrogens (tertiary/aromatic N) is 3. The molecule has 1 fully saturated rings. The molecule has 2 aromatic carbocycles. The molecule has 2 amide bonds. The van der Waals surface area contributed by atoms with Gasteiger partial charge in [0.1, 0.15) is 11.9 Å². The fraction of sp³-hybridized carbons (Fsp3) is 0.333. The molecular formula is C27H27N5O6. The van der Waals surface area contributed by atoms with E-state index < -0.39 is 18.0 Å². The highest BCUT2D eigenvalue weighted by Crippen LogP contribution is 2.44. The molecule has 3 unspecified atom stereocenters. The second kappa shape index (κ2) is 9.58. The number of nitrogens with one attached hydrogen (secondary N) is 2. The van der Waals surface area contributed by atoms with Crippen molar-refractivity contribution in [2.24, 2.45) is 0 Å². The van der Waals surface area contributed by atoms with E-state index in [9.17, 15) is 19.5 Å². The molecule has 11 nitrogen and oxygen atoms in total. The Morgan fingerprint density at radius 2 is 1.84 bits per heavy atom. The molecule has 196 valence electrons. The number of carbonyl (C=O) groups is 2. The summed E-state index contributed by atoms with van der Waals surface area (Å²) < 4.78 is 13.3. The number of carbonyl (C=O) groups excluding carboxylic acids is 2. The SMILES string of the molecule is CCC1OC(n2cc3c(nc2=O)Nc2c(NCCCN4C(=O)c5ccccc5C4=O)cccc2O3)CC1O. The second-order valence-electron chi connectivity index (χ2n) is 9.48. The molecule has 0 saturated carbocycles. The Balaban J connectivity index is 1.12. The Morgan fingerprint density at radius 3 is 2.55 bits per heavy atom. The number of aromatic nitrogens is 2. The molecule has 3 aliphatic heterocycles. The van der Waals surface area contributed by atoms with Gasteiger partial charge in [-0.05, 0) is 37.1 Å². The Bertz CT molecular complexity index is 1450. The van der Waals surface area contributed by atoms with E-state index in [1.165, 1.54) is 9.47 Å². The molecule has 11 heteroatoms. The molecule has 0 spiro atoms. The van der Waals surface area contributed by atoms with Gasteiger partial charge in [0, 0.05) is 19.5 Å². The lowest BCUT2D eigenvalue weighted by atomic mass is 10.1. The van der Waals surface area contributed by atoms with Crippen LogP contribution in [0.25, 0.3) is 0 Å². The molecule has 3 aliphatic rings. The number of fused-ring (bicyclic) bond motifs is 3. The van der Waals surface area contributed by atoms with Gasteiger partial charge in [0.15, 0.2) is 17.3 Å². The number of aliphatic hydroxyl groups excluding tert-OH is 1. The average molecular weight is 518 g/mol. The molecule has 3 N–H and O–H groups in total. The van der Waals surface area contributed by atoms with Crippen LogP contribution in [0, 0.1) is 0 Å². The largest absolute Gasteiger partial charge is 0.450 e. The first-order valence-electron chi connectivity index (χ1n) is 12.7. The quantitative estimate of drug-likeness (QED) is 0.249. The van der Waals surface area contributed by atoms with E-state index in [-0.39, 0.29) is 23.7 Å². The first-order chi connectivity index (χ1) is 18.4. The summed E-state index contributed by atoms with van der Waals surface area (Å²) in [6.45, 7) is 2.71. The third-order valence-electron chi connectivity index (χ3n) is 7.08. The highest BCUT2D eigenvalue weighted by Gasteiger charge is 2.36. The predicted molar refractivity (Wildman–Crippen MR) is 138 cm³/mol. The van der Waals surface area contributed by atoms with Gasteiger partial charge in [0.25, 0.3) is 11.8 Å². The van der Waals surface area contributed by atoms with Gasteiger partial charge in [0.05, 0.1) is 35.2 Å². The molecule has 6 rings (SSSR count). The maximum Gasteiger partial charge on any atom is 0.351 e. The van der Waals surface area contributed by atoms with E-state index in [1.54, 1.807) is 36.5 Å². The molecule has 38 heavy (non-hydrogen) atoms. The number of imide groups is 1. The highest BCUT2D eigenvalue weighted by atomic mass is 16.5. The minimum Gasteiger partial charge on any atom is -0.450 e. The van der Waals surface area contributed by atoms with Gasteiger partial charge in [-0.15, -0.1) is 0 Å². The molecule has 3 atom stereocenters. The summed E-state index contributed by atoms with van der Waals surface area (Å²) >= 11 is 0. The lowest BCUT2D eigenvalue weighted by Crippen LogP contribution is -2.31. The zero-order valence-corrected chi connectivity index (χ0v) is 20.7. The van der Waals surface area contributed by atoms with E-state index in [4.69, 9.17) is 9.47 Å². The summed E-state index contributed by atoms with van der Waals surface area (Å²) in [5.74, 6) is 0.666.